The van der Waals surface area contributed by atoms with Crippen molar-refractivity contribution >= 4 is 22.5 Å². The van der Waals surface area contributed by atoms with E-state index in [2.05, 4.69) is 15.6 Å². The van der Waals surface area contributed by atoms with Gasteiger partial charge in [-0.05, 0) is 69.0 Å². The number of pyridine rings is 1. The fourth-order valence-corrected chi connectivity index (χ4v) is 4.18. The van der Waals surface area contributed by atoms with Crippen molar-refractivity contribution in [3.63, 3.8) is 0 Å². The smallest absolute Gasteiger partial charge is 0.433 e. The Morgan fingerprint density at radius 1 is 1.03 bits per heavy atom. The van der Waals surface area contributed by atoms with Crippen LogP contribution in [0.4, 0.5) is 18.9 Å². The van der Waals surface area contributed by atoms with Gasteiger partial charge in [0.2, 0.25) is 0 Å². The second-order valence-electron chi connectivity index (χ2n) is 8.19. The molecule has 1 aliphatic rings. The number of anilines is 1. The quantitative estimate of drug-likeness (QED) is 0.491. The van der Waals surface area contributed by atoms with Crippen molar-refractivity contribution in [2.45, 2.75) is 50.9 Å². The van der Waals surface area contributed by atoms with E-state index in [1.807, 2.05) is 6.92 Å². The summed E-state index contributed by atoms with van der Waals surface area (Å²) in [5, 5.41) is 7.02. The van der Waals surface area contributed by atoms with Crippen molar-refractivity contribution in [1.29, 1.82) is 0 Å². The molecule has 1 amide bonds. The molecule has 0 saturated heterocycles. The van der Waals surface area contributed by atoms with Crippen molar-refractivity contribution < 1.29 is 22.7 Å². The van der Waals surface area contributed by atoms with Gasteiger partial charge in [0.05, 0.1) is 12.1 Å². The van der Waals surface area contributed by atoms with Crippen LogP contribution in [0.2, 0.25) is 0 Å². The van der Waals surface area contributed by atoms with Gasteiger partial charge in [-0.25, -0.2) is 4.98 Å². The molecule has 0 spiro atoms. The third-order valence-corrected chi connectivity index (χ3v) is 5.86. The molecule has 3 aromatic rings. The number of aromatic nitrogens is 1. The van der Waals surface area contributed by atoms with Gasteiger partial charge in [-0.15, -0.1) is 0 Å². The zero-order chi connectivity index (χ0) is 23.4. The number of fused-ring (bicyclic) bond motifs is 1. The van der Waals surface area contributed by atoms with Crippen LogP contribution in [-0.2, 0) is 6.18 Å². The highest BCUT2D eigenvalue weighted by Crippen LogP contribution is 2.34. The molecule has 0 aliphatic heterocycles. The normalized spacial score (nSPS) is 18.7. The average Bonchev–Trinajstić information content (AvgIpc) is 2.80. The first-order valence-corrected chi connectivity index (χ1v) is 11.1. The first-order valence-electron chi connectivity index (χ1n) is 11.1. The second-order valence-corrected chi connectivity index (χ2v) is 8.19. The molecule has 8 heteroatoms. The SMILES string of the molecule is CCOc1ccc(C(=O)NC2CCC(Nc3cc(C(F)(F)F)nc4ccccc34)CC2)cc1. The molecule has 0 atom stereocenters. The Balaban J connectivity index is 1.38. The number of ether oxygens (including phenoxy) is 1. The minimum Gasteiger partial charge on any atom is -0.494 e. The van der Waals surface area contributed by atoms with Gasteiger partial charge in [0.15, 0.2) is 0 Å². The Kier molecular flexibility index (Phi) is 6.72. The predicted molar refractivity (Wildman–Crippen MR) is 121 cm³/mol. The Bertz CT molecular complexity index is 1110. The molecule has 1 heterocycles. The van der Waals surface area contributed by atoms with Gasteiger partial charge < -0.3 is 15.4 Å². The lowest BCUT2D eigenvalue weighted by Crippen LogP contribution is -2.40. The lowest BCUT2D eigenvalue weighted by Gasteiger charge is -2.30. The average molecular weight is 457 g/mol. The summed E-state index contributed by atoms with van der Waals surface area (Å²) in [6.45, 7) is 2.47. The molecule has 174 valence electrons. The van der Waals surface area contributed by atoms with E-state index in [1.54, 1.807) is 48.5 Å². The maximum absolute atomic E-state index is 13.3. The standard InChI is InChI=1S/C25H26F3N3O2/c1-2-33-19-13-7-16(8-14-19)24(32)30-18-11-9-17(10-12-18)29-22-15-23(25(26,27)28)31-21-6-4-3-5-20(21)22/h3-8,13-15,17-18H,2,9-12H2,1H3,(H,29,31)(H,30,32). The summed E-state index contributed by atoms with van der Waals surface area (Å²) in [6.07, 6.45) is -1.53. The summed E-state index contributed by atoms with van der Waals surface area (Å²) in [4.78, 5) is 16.3. The number of nitrogens with one attached hydrogen (secondary N) is 2. The highest BCUT2D eigenvalue weighted by Gasteiger charge is 2.33. The summed E-state index contributed by atoms with van der Waals surface area (Å²) < 4.78 is 45.3. The Labute approximate surface area is 190 Å². The molecule has 0 bridgehead atoms. The number of benzene rings is 2. The fourth-order valence-electron chi connectivity index (χ4n) is 4.18. The summed E-state index contributed by atoms with van der Waals surface area (Å²) >= 11 is 0. The van der Waals surface area contributed by atoms with E-state index in [0.29, 0.717) is 28.8 Å². The summed E-state index contributed by atoms with van der Waals surface area (Å²) in [7, 11) is 0. The van der Waals surface area contributed by atoms with Gasteiger partial charge in [-0.1, -0.05) is 18.2 Å². The van der Waals surface area contributed by atoms with E-state index in [4.69, 9.17) is 4.74 Å². The number of carbonyl (C=O) groups is 1. The molecule has 1 fully saturated rings. The molecule has 0 radical (unpaired) electrons. The van der Waals surface area contributed by atoms with Gasteiger partial charge >= 0.3 is 6.18 Å². The molecule has 1 saturated carbocycles. The van der Waals surface area contributed by atoms with E-state index in [1.165, 1.54) is 0 Å². The number of rotatable bonds is 6. The van der Waals surface area contributed by atoms with Gasteiger partial charge in [-0.2, -0.15) is 13.2 Å². The van der Waals surface area contributed by atoms with E-state index in [0.717, 1.165) is 37.5 Å². The summed E-state index contributed by atoms with van der Waals surface area (Å²) in [5.74, 6) is 0.586. The molecule has 33 heavy (non-hydrogen) atoms. The first-order chi connectivity index (χ1) is 15.8. The Hall–Kier alpha value is -3.29. The molecule has 2 N–H and O–H groups in total. The maximum atomic E-state index is 13.3. The van der Waals surface area contributed by atoms with Crippen LogP contribution in [0.15, 0.2) is 54.6 Å². The minimum atomic E-state index is -4.51. The fraction of sp³-hybridized carbons (Fsp3) is 0.360. The zero-order valence-electron chi connectivity index (χ0n) is 18.3. The van der Waals surface area contributed by atoms with Gasteiger partial charge in [-0.3, -0.25) is 4.79 Å². The number of nitrogens with zero attached hydrogens (tertiary/aromatic N) is 1. The zero-order valence-corrected chi connectivity index (χ0v) is 18.3. The van der Waals surface area contributed by atoms with Gasteiger partial charge in [0, 0.05) is 28.7 Å². The molecular weight excluding hydrogens is 431 g/mol. The van der Waals surface area contributed by atoms with Crippen molar-refractivity contribution in [3.05, 3.63) is 65.9 Å². The lowest BCUT2D eigenvalue weighted by molar-refractivity contribution is -0.140. The number of carbonyl (C=O) groups excluding carboxylic acids is 1. The molecular formula is C25H26F3N3O2. The predicted octanol–water partition coefficient (Wildman–Crippen LogP) is 5.81. The second kappa shape index (κ2) is 9.68. The van der Waals surface area contributed by atoms with Crippen LogP contribution in [-0.4, -0.2) is 29.6 Å². The first kappa shape index (κ1) is 22.9. The van der Waals surface area contributed by atoms with E-state index in [9.17, 15) is 18.0 Å². The van der Waals surface area contributed by atoms with Crippen LogP contribution in [0.1, 0.15) is 48.7 Å². The number of alkyl halides is 3. The van der Waals surface area contributed by atoms with Crippen molar-refractivity contribution in [2.75, 3.05) is 11.9 Å². The Morgan fingerprint density at radius 2 is 1.70 bits per heavy atom. The molecule has 4 rings (SSSR count). The van der Waals surface area contributed by atoms with Crippen LogP contribution < -0.4 is 15.4 Å². The van der Waals surface area contributed by atoms with Crippen molar-refractivity contribution in [3.8, 4) is 5.75 Å². The molecule has 5 nitrogen and oxygen atoms in total. The van der Waals surface area contributed by atoms with Gasteiger partial charge in [0.25, 0.3) is 5.91 Å². The van der Waals surface area contributed by atoms with Crippen LogP contribution in [0.5, 0.6) is 5.75 Å². The van der Waals surface area contributed by atoms with Crippen LogP contribution >= 0.6 is 0 Å². The van der Waals surface area contributed by atoms with Crippen molar-refractivity contribution in [1.82, 2.24) is 10.3 Å². The number of halogens is 3. The van der Waals surface area contributed by atoms with Crippen molar-refractivity contribution in [2.24, 2.45) is 0 Å². The molecule has 2 aromatic carbocycles. The van der Waals surface area contributed by atoms with Gasteiger partial charge in [0.1, 0.15) is 11.4 Å². The molecule has 1 aromatic heterocycles. The molecule has 1 aliphatic carbocycles. The lowest BCUT2D eigenvalue weighted by atomic mass is 9.90. The highest BCUT2D eigenvalue weighted by atomic mass is 19.4. The Morgan fingerprint density at radius 3 is 2.36 bits per heavy atom. The van der Waals surface area contributed by atoms with Crippen LogP contribution in [0, 0.1) is 0 Å². The third-order valence-electron chi connectivity index (χ3n) is 5.86. The minimum absolute atomic E-state index is 0.0236. The van der Waals surface area contributed by atoms with E-state index >= 15 is 0 Å². The van der Waals surface area contributed by atoms with Crippen LogP contribution in [0.3, 0.4) is 0 Å². The highest BCUT2D eigenvalue weighted by molar-refractivity contribution is 5.94. The number of para-hydroxylation sites is 1. The summed E-state index contributed by atoms with van der Waals surface area (Å²) in [6, 6.07) is 15.0. The third kappa shape index (κ3) is 5.56. The number of amides is 1. The topological polar surface area (TPSA) is 63.2 Å². The largest absolute Gasteiger partial charge is 0.494 e. The van der Waals surface area contributed by atoms with E-state index < -0.39 is 11.9 Å². The van der Waals surface area contributed by atoms with Crippen LogP contribution in [0.25, 0.3) is 10.9 Å². The maximum Gasteiger partial charge on any atom is 0.433 e. The monoisotopic (exact) mass is 457 g/mol. The molecule has 0 unspecified atom stereocenters. The number of hydrogen-bond donors (Lipinski definition) is 2. The number of hydrogen-bond acceptors (Lipinski definition) is 4. The van der Waals surface area contributed by atoms with E-state index in [-0.39, 0.29) is 18.0 Å². The summed E-state index contributed by atoms with van der Waals surface area (Å²) in [5.41, 5.74) is 0.419.